The summed E-state index contributed by atoms with van der Waals surface area (Å²) < 4.78 is 0. The molecule has 1 aliphatic rings. The zero-order valence-corrected chi connectivity index (χ0v) is 10.3. The molecule has 0 saturated heterocycles. The molecule has 2 rings (SSSR count). The molecule has 1 aliphatic carbocycles. The highest BCUT2D eigenvalue weighted by Gasteiger charge is 2.43. The molecule has 4 heteroatoms. The van der Waals surface area contributed by atoms with E-state index in [2.05, 4.69) is 16.9 Å². The van der Waals surface area contributed by atoms with Crippen LogP contribution in [0.5, 0.6) is 0 Å². The lowest BCUT2D eigenvalue weighted by molar-refractivity contribution is 0.259. The van der Waals surface area contributed by atoms with E-state index in [1.54, 1.807) is 0 Å². The molecule has 3 N–H and O–H groups in total. The minimum atomic E-state index is 0.285. The molecule has 0 spiro atoms. The maximum Gasteiger partial charge on any atom is 0.0911 e. The summed E-state index contributed by atoms with van der Waals surface area (Å²) in [5, 5.41) is 7.41. The van der Waals surface area contributed by atoms with Crippen molar-refractivity contribution in [1.82, 2.24) is 9.88 Å². The third kappa shape index (κ3) is 3.53. The molecular weight excluding hydrogens is 212 g/mol. The lowest BCUT2D eigenvalue weighted by Gasteiger charge is -2.23. The fourth-order valence-corrected chi connectivity index (χ4v) is 2.40. The first kappa shape index (κ1) is 12.0. The number of amidine groups is 1. The Morgan fingerprint density at radius 3 is 2.65 bits per heavy atom. The molecule has 0 atom stereocenters. The summed E-state index contributed by atoms with van der Waals surface area (Å²) in [7, 11) is 2.13. The van der Waals surface area contributed by atoms with E-state index in [4.69, 9.17) is 11.1 Å². The summed E-state index contributed by atoms with van der Waals surface area (Å²) in [5.74, 6) is 0.319. The van der Waals surface area contributed by atoms with Crippen molar-refractivity contribution < 1.29 is 0 Å². The molecule has 1 aromatic heterocycles. The molecule has 0 aliphatic heterocycles. The molecule has 1 aromatic rings. The first-order chi connectivity index (χ1) is 8.10. The van der Waals surface area contributed by atoms with Gasteiger partial charge in [-0.2, -0.15) is 0 Å². The summed E-state index contributed by atoms with van der Waals surface area (Å²) in [6.45, 7) is 1.96. The fourth-order valence-electron chi connectivity index (χ4n) is 2.40. The molecule has 0 aromatic carbocycles. The van der Waals surface area contributed by atoms with E-state index in [9.17, 15) is 0 Å². The monoisotopic (exact) mass is 232 g/mol. The topological polar surface area (TPSA) is 66.0 Å². The molecular formula is C13H20N4. The molecule has 1 fully saturated rings. The Bertz CT molecular complexity index is 384. The van der Waals surface area contributed by atoms with Gasteiger partial charge in [0.15, 0.2) is 0 Å². The second-order valence-electron chi connectivity index (χ2n) is 5.23. The SMILES string of the molecule is CN(Cc1ccncc1)CC1(CC(=N)N)CC1. The summed E-state index contributed by atoms with van der Waals surface area (Å²) >= 11 is 0. The lowest BCUT2D eigenvalue weighted by atomic mass is 10.0. The van der Waals surface area contributed by atoms with Crippen molar-refractivity contribution in [2.24, 2.45) is 11.1 Å². The number of aromatic nitrogens is 1. The van der Waals surface area contributed by atoms with E-state index >= 15 is 0 Å². The number of hydrogen-bond donors (Lipinski definition) is 2. The fraction of sp³-hybridized carbons (Fsp3) is 0.538. The maximum atomic E-state index is 7.41. The Morgan fingerprint density at radius 2 is 2.12 bits per heavy atom. The van der Waals surface area contributed by atoms with E-state index in [1.165, 1.54) is 18.4 Å². The Kier molecular flexibility index (Phi) is 3.43. The van der Waals surface area contributed by atoms with Gasteiger partial charge in [0, 0.05) is 31.9 Å². The largest absolute Gasteiger partial charge is 0.388 e. The van der Waals surface area contributed by atoms with Crippen molar-refractivity contribution in [1.29, 1.82) is 5.41 Å². The van der Waals surface area contributed by atoms with Gasteiger partial charge in [0.1, 0.15) is 0 Å². The number of rotatable bonds is 6. The lowest BCUT2D eigenvalue weighted by Crippen LogP contribution is -2.29. The Labute approximate surface area is 102 Å². The van der Waals surface area contributed by atoms with Crippen LogP contribution < -0.4 is 5.73 Å². The van der Waals surface area contributed by atoms with Crippen LogP contribution in [0.1, 0.15) is 24.8 Å². The predicted octanol–water partition coefficient (Wildman–Crippen LogP) is 1.62. The van der Waals surface area contributed by atoms with Gasteiger partial charge in [-0.1, -0.05) is 0 Å². The van der Waals surface area contributed by atoms with Gasteiger partial charge < -0.3 is 10.6 Å². The first-order valence-corrected chi connectivity index (χ1v) is 6.00. The van der Waals surface area contributed by atoms with Crippen LogP contribution in [0.15, 0.2) is 24.5 Å². The van der Waals surface area contributed by atoms with Crippen LogP contribution in [0.25, 0.3) is 0 Å². The number of hydrogen-bond acceptors (Lipinski definition) is 3. The average Bonchev–Trinajstić information content (AvgIpc) is 2.97. The quantitative estimate of drug-likeness (QED) is 0.578. The van der Waals surface area contributed by atoms with Crippen molar-refractivity contribution in [2.45, 2.75) is 25.8 Å². The van der Waals surface area contributed by atoms with Gasteiger partial charge in [-0.15, -0.1) is 0 Å². The average molecular weight is 232 g/mol. The van der Waals surface area contributed by atoms with Crippen LogP contribution in [-0.4, -0.2) is 29.3 Å². The highest BCUT2D eigenvalue weighted by atomic mass is 15.1. The molecule has 17 heavy (non-hydrogen) atoms. The van der Waals surface area contributed by atoms with E-state index < -0.39 is 0 Å². The Hall–Kier alpha value is -1.42. The molecule has 92 valence electrons. The summed E-state index contributed by atoms with van der Waals surface area (Å²) in [6.07, 6.45) is 6.80. The molecule has 1 saturated carbocycles. The summed E-state index contributed by atoms with van der Waals surface area (Å²) in [5.41, 5.74) is 7.07. The highest BCUT2D eigenvalue weighted by Crippen LogP contribution is 2.49. The van der Waals surface area contributed by atoms with E-state index in [-0.39, 0.29) is 5.41 Å². The second kappa shape index (κ2) is 4.84. The van der Waals surface area contributed by atoms with Gasteiger partial charge in [-0.05, 0) is 43.0 Å². The van der Waals surface area contributed by atoms with Crippen LogP contribution in [-0.2, 0) is 6.54 Å². The minimum absolute atomic E-state index is 0.285. The molecule has 0 radical (unpaired) electrons. The number of nitrogens with two attached hydrogens (primary N) is 1. The maximum absolute atomic E-state index is 7.41. The first-order valence-electron chi connectivity index (χ1n) is 6.00. The normalized spacial score (nSPS) is 17.1. The highest BCUT2D eigenvalue weighted by molar-refractivity contribution is 5.78. The van der Waals surface area contributed by atoms with Gasteiger partial charge in [0.2, 0.25) is 0 Å². The van der Waals surface area contributed by atoms with Gasteiger partial charge in [0.25, 0.3) is 0 Å². The van der Waals surface area contributed by atoms with Crippen molar-refractivity contribution in [3.8, 4) is 0 Å². The zero-order chi connectivity index (χ0) is 12.3. The van der Waals surface area contributed by atoms with Crippen molar-refractivity contribution >= 4 is 5.84 Å². The van der Waals surface area contributed by atoms with Crippen LogP contribution >= 0.6 is 0 Å². The molecule has 4 nitrogen and oxygen atoms in total. The summed E-state index contributed by atoms with van der Waals surface area (Å²) in [4.78, 5) is 6.33. The van der Waals surface area contributed by atoms with Gasteiger partial charge in [-0.25, -0.2) is 0 Å². The zero-order valence-electron chi connectivity index (χ0n) is 10.3. The van der Waals surface area contributed by atoms with Crippen LogP contribution in [0, 0.1) is 10.8 Å². The predicted molar refractivity (Wildman–Crippen MR) is 68.8 cm³/mol. The molecule has 1 heterocycles. The number of nitrogens with zero attached hydrogens (tertiary/aromatic N) is 2. The van der Waals surface area contributed by atoms with E-state index in [0.29, 0.717) is 5.84 Å². The third-order valence-electron chi connectivity index (χ3n) is 3.33. The summed E-state index contributed by atoms with van der Waals surface area (Å²) in [6, 6.07) is 4.09. The van der Waals surface area contributed by atoms with E-state index in [1.807, 2.05) is 24.5 Å². The van der Waals surface area contributed by atoms with Crippen LogP contribution in [0.3, 0.4) is 0 Å². The van der Waals surface area contributed by atoms with Crippen molar-refractivity contribution in [3.05, 3.63) is 30.1 Å². The standard InChI is InChI=1S/C13H20N4/c1-17(9-11-2-6-16-7-3-11)10-13(4-5-13)8-12(14)15/h2-3,6-7H,4-5,8-10H2,1H3,(H3,14,15). The number of nitrogens with one attached hydrogen (secondary N) is 1. The molecule has 0 unspecified atom stereocenters. The van der Waals surface area contributed by atoms with Crippen LogP contribution in [0.2, 0.25) is 0 Å². The number of pyridine rings is 1. The van der Waals surface area contributed by atoms with Crippen LogP contribution in [0.4, 0.5) is 0 Å². The Morgan fingerprint density at radius 1 is 1.47 bits per heavy atom. The van der Waals surface area contributed by atoms with Crippen molar-refractivity contribution in [2.75, 3.05) is 13.6 Å². The van der Waals surface area contributed by atoms with Gasteiger partial charge >= 0.3 is 0 Å². The van der Waals surface area contributed by atoms with Gasteiger partial charge in [0.05, 0.1) is 5.84 Å². The second-order valence-corrected chi connectivity index (χ2v) is 5.23. The van der Waals surface area contributed by atoms with Gasteiger partial charge in [-0.3, -0.25) is 10.4 Å². The molecule has 0 bridgehead atoms. The molecule has 0 amide bonds. The van der Waals surface area contributed by atoms with Crippen molar-refractivity contribution in [3.63, 3.8) is 0 Å². The minimum Gasteiger partial charge on any atom is -0.388 e. The smallest absolute Gasteiger partial charge is 0.0911 e. The Balaban J connectivity index is 1.85. The van der Waals surface area contributed by atoms with E-state index in [0.717, 1.165) is 19.5 Å². The third-order valence-corrected chi connectivity index (χ3v) is 3.33.